The first-order valence-electron chi connectivity index (χ1n) is 22.9. The largest absolute Gasteiger partial charge is 0.456 e. The van der Waals surface area contributed by atoms with E-state index in [0.29, 0.717) is 17.6 Å². The number of aromatic nitrogens is 3. The highest BCUT2D eigenvalue weighted by Gasteiger charge is 2.40. The average Bonchev–Trinajstić information content (AvgIpc) is 4.11. The Morgan fingerprint density at radius 3 is 2.06 bits per heavy atom. The van der Waals surface area contributed by atoms with Gasteiger partial charge in [-0.3, -0.25) is 4.90 Å². The van der Waals surface area contributed by atoms with Crippen LogP contribution in [-0.2, 0) is 5.41 Å². The third-order valence-electron chi connectivity index (χ3n) is 14.2. The number of hydrogen-bond acceptors (Lipinski definition) is 6. The second-order valence-electron chi connectivity index (χ2n) is 18.2. The number of anilines is 3. The number of thiophene rings is 1. The SMILES string of the molecule is CC1(C)c2ccccc2-c2cccc(N(c3nc(-c4ccc5sc6ccccc6c5c4)nc(-c4cccc5c4C(c4ccccc4)c4ccccc4-5)n3)c3cccc4oc5ccccc5c34)c21. The van der Waals surface area contributed by atoms with Crippen molar-refractivity contribution in [3.05, 3.63) is 228 Å². The van der Waals surface area contributed by atoms with E-state index in [-0.39, 0.29) is 11.3 Å². The highest BCUT2D eigenvalue weighted by atomic mass is 32.1. The molecular weight excluding hydrogens is 837 g/mol. The van der Waals surface area contributed by atoms with Crippen LogP contribution in [0.3, 0.4) is 0 Å². The minimum Gasteiger partial charge on any atom is -0.456 e. The molecule has 0 radical (unpaired) electrons. The first-order valence-corrected chi connectivity index (χ1v) is 23.7. The maximum atomic E-state index is 6.61. The Morgan fingerprint density at radius 1 is 0.493 bits per heavy atom. The Morgan fingerprint density at radius 2 is 1.15 bits per heavy atom. The molecule has 6 heteroatoms. The molecule has 0 aliphatic heterocycles. The molecule has 1 unspecified atom stereocenters. The Hall–Kier alpha value is -8.19. The molecule has 14 rings (SSSR count). The predicted molar refractivity (Wildman–Crippen MR) is 276 cm³/mol. The second kappa shape index (κ2) is 14.4. The molecule has 9 aromatic carbocycles. The highest BCUT2D eigenvalue weighted by Crippen LogP contribution is 2.56. The van der Waals surface area contributed by atoms with Crippen molar-refractivity contribution in [1.29, 1.82) is 0 Å². The first kappa shape index (κ1) is 38.1. The summed E-state index contributed by atoms with van der Waals surface area (Å²) in [7, 11) is 0. The van der Waals surface area contributed by atoms with Gasteiger partial charge >= 0.3 is 0 Å². The van der Waals surface area contributed by atoms with Crippen LogP contribution in [0.5, 0.6) is 0 Å². The van der Waals surface area contributed by atoms with Gasteiger partial charge < -0.3 is 4.42 Å². The molecule has 0 amide bonds. The third-order valence-corrected chi connectivity index (χ3v) is 15.4. The number of fused-ring (bicyclic) bond motifs is 12. The van der Waals surface area contributed by atoms with Crippen molar-refractivity contribution < 1.29 is 4.42 Å². The summed E-state index contributed by atoms with van der Waals surface area (Å²) in [4.78, 5) is 19.2. The van der Waals surface area contributed by atoms with Gasteiger partial charge in [-0.05, 0) is 98.6 Å². The summed E-state index contributed by atoms with van der Waals surface area (Å²) in [5, 5.41) is 4.44. The van der Waals surface area contributed by atoms with Gasteiger partial charge in [0.15, 0.2) is 11.6 Å². The molecule has 5 nitrogen and oxygen atoms in total. The number of furan rings is 1. The van der Waals surface area contributed by atoms with Gasteiger partial charge in [-0.25, -0.2) is 4.98 Å². The number of para-hydroxylation sites is 1. The Bertz CT molecular complexity index is 4000. The maximum Gasteiger partial charge on any atom is 0.238 e. The van der Waals surface area contributed by atoms with E-state index in [1.807, 2.05) is 23.5 Å². The summed E-state index contributed by atoms with van der Waals surface area (Å²) in [6, 6.07) is 71.7. The van der Waals surface area contributed by atoms with Crippen molar-refractivity contribution in [2.24, 2.45) is 0 Å². The average molecular weight is 877 g/mol. The van der Waals surface area contributed by atoms with Crippen LogP contribution < -0.4 is 4.90 Å². The molecule has 0 N–H and O–H groups in total. The lowest BCUT2D eigenvalue weighted by molar-refractivity contribution is 0.660. The van der Waals surface area contributed by atoms with E-state index in [1.165, 1.54) is 70.2 Å². The van der Waals surface area contributed by atoms with Gasteiger partial charge in [0.1, 0.15) is 11.2 Å². The van der Waals surface area contributed by atoms with Crippen LogP contribution in [0.15, 0.2) is 205 Å². The summed E-state index contributed by atoms with van der Waals surface area (Å²) in [6.07, 6.45) is 0. The van der Waals surface area contributed by atoms with E-state index < -0.39 is 0 Å². The minimum atomic E-state index is -0.341. The zero-order chi connectivity index (χ0) is 44.4. The lowest BCUT2D eigenvalue weighted by Gasteiger charge is -2.31. The number of rotatable bonds is 6. The molecule has 0 bridgehead atoms. The quantitative estimate of drug-likeness (QED) is 0.167. The molecule has 2 aliphatic carbocycles. The lowest BCUT2D eigenvalue weighted by Crippen LogP contribution is -2.22. The summed E-state index contributed by atoms with van der Waals surface area (Å²) >= 11 is 1.81. The normalized spacial score (nSPS) is 14.4. The summed E-state index contributed by atoms with van der Waals surface area (Å²) in [5.74, 6) is 1.73. The van der Waals surface area contributed by atoms with Crippen molar-refractivity contribution in [3.8, 4) is 45.0 Å². The fourth-order valence-corrected chi connectivity index (χ4v) is 12.4. The van der Waals surface area contributed by atoms with Crippen LogP contribution in [0.1, 0.15) is 47.6 Å². The molecule has 316 valence electrons. The maximum absolute atomic E-state index is 6.61. The van der Waals surface area contributed by atoms with Gasteiger partial charge in [0.2, 0.25) is 5.95 Å². The molecule has 3 heterocycles. The van der Waals surface area contributed by atoms with Crippen molar-refractivity contribution in [3.63, 3.8) is 0 Å². The van der Waals surface area contributed by atoms with Crippen LogP contribution >= 0.6 is 11.3 Å². The van der Waals surface area contributed by atoms with Gasteiger partial charge in [-0.15, -0.1) is 11.3 Å². The summed E-state index contributed by atoms with van der Waals surface area (Å²) < 4.78 is 9.09. The Kier molecular flexibility index (Phi) is 8.19. The number of hydrogen-bond donors (Lipinski definition) is 0. The minimum absolute atomic E-state index is 0.0142. The molecule has 3 aromatic heterocycles. The third kappa shape index (κ3) is 5.63. The molecule has 0 spiro atoms. The molecule has 0 saturated heterocycles. The van der Waals surface area contributed by atoms with Crippen LogP contribution in [0.2, 0.25) is 0 Å². The lowest BCUT2D eigenvalue weighted by atomic mass is 9.81. The van der Waals surface area contributed by atoms with E-state index in [2.05, 4.69) is 207 Å². The molecule has 0 fully saturated rings. The van der Waals surface area contributed by atoms with Crippen molar-refractivity contribution in [2.45, 2.75) is 25.2 Å². The van der Waals surface area contributed by atoms with Gasteiger partial charge in [0, 0.05) is 48.0 Å². The Labute approximate surface area is 391 Å². The van der Waals surface area contributed by atoms with E-state index >= 15 is 0 Å². The standard InChI is InChI=1S/C61H40N4OS/c1-61(2)47-27-11-8-20-39(47)43-25-15-29-49(57(43)61)65(48-28-16-31-51-56(48)44-23-9-12-30-50(44)66-51)60-63-58(37-33-34-53-46(35-37)40-21-10-13-32-52(40)67-53)62-59(64-60)45-26-14-24-42-38-19-6-7-22-41(38)54(55(42)45)36-17-4-3-5-18-36/h3-35,54H,1-2H3. The van der Waals surface area contributed by atoms with Crippen LogP contribution in [-0.4, -0.2) is 15.0 Å². The highest BCUT2D eigenvalue weighted by molar-refractivity contribution is 7.25. The predicted octanol–water partition coefficient (Wildman–Crippen LogP) is 16.4. The van der Waals surface area contributed by atoms with Gasteiger partial charge in [0.05, 0.1) is 16.8 Å². The van der Waals surface area contributed by atoms with E-state index in [1.54, 1.807) is 0 Å². The number of nitrogens with zero attached hydrogens (tertiary/aromatic N) is 4. The zero-order valence-corrected chi connectivity index (χ0v) is 37.6. The van der Waals surface area contributed by atoms with Crippen molar-refractivity contribution in [2.75, 3.05) is 4.90 Å². The van der Waals surface area contributed by atoms with Gasteiger partial charge in [-0.1, -0.05) is 166 Å². The molecule has 67 heavy (non-hydrogen) atoms. The van der Waals surface area contributed by atoms with E-state index in [9.17, 15) is 0 Å². The fraction of sp³-hybridized carbons (Fsp3) is 0.0656. The second-order valence-corrected chi connectivity index (χ2v) is 19.3. The fourth-order valence-electron chi connectivity index (χ4n) is 11.3. The van der Waals surface area contributed by atoms with Crippen molar-refractivity contribution in [1.82, 2.24) is 15.0 Å². The van der Waals surface area contributed by atoms with Crippen LogP contribution in [0.25, 0.3) is 87.1 Å². The molecule has 2 aliphatic rings. The summed E-state index contributed by atoms with van der Waals surface area (Å²) in [6.45, 7) is 4.68. The monoisotopic (exact) mass is 876 g/mol. The zero-order valence-electron chi connectivity index (χ0n) is 36.7. The molecular formula is C61H40N4OS. The summed E-state index contributed by atoms with van der Waals surface area (Å²) in [5.41, 5.74) is 16.2. The Balaban J connectivity index is 1.09. The molecule has 1 atom stereocenters. The van der Waals surface area contributed by atoms with Gasteiger partial charge in [0.25, 0.3) is 0 Å². The van der Waals surface area contributed by atoms with E-state index in [4.69, 9.17) is 19.4 Å². The van der Waals surface area contributed by atoms with Crippen molar-refractivity contribution >= 4 is 70.8 Å². The van der Waals surface area contributed by atoms with Gasteiger partial charge in [-0.2, -0.15) is 9.97 Å². The first-order chi connectivity index (χ1) is 33.0. The number of benzene rings is 9. The smallest absolute Gasteiger partial charge is 0.238 e. The van der Waals surface area contributed by atoms with Crippen LogP contribution in [0.4, 0.5) is 17.3 Å². The van der Waals surface area contributed by atoms with E-state index in [0.717, 1.165) is 44.4 Å². The topological polar surface area (TPSA) is 55.1 Å². The van der Waals surface area contributed by atoms with Crippen LogP contribution in [0, 0.1) is 0 Å². The molecule has 0 saturated carbocycles. The molecule has 12 aromatic rings.